The first kappa shape index (κ1) is 12.7. The van der Waals surface area contributed by atoms with Crippen LogP contribution in [0, 0.1) is 11.8 Å². The van der Waals surface area contributed by atoms with Gasteiger partial charge in [0, 0.05) is 25.2 Å². The van der Waals surface area contributed by atoms with Gasteiger partial charge in [0.25, 0.3) is 0 Å². The molecule has 102 valence electrons. The molecule has 3 heterocycles. The number of piperidine rings is 3. The van der Waals surface area contributed by atoms with Gasteiger partial charge in [-0.05, 0) is 56.3 Å². The zero-order valence-corrected chi connectivity index (χ0v) is 12.1. The molecule has 4 fully saturated rings. The summed E-state index contributed by atoms with van der Waals surface area (Å²) >= 11 is 5.33. The van der Waals surface area contributed by atoms with Crippen molar-refractivity contribution < 1.29 is 0 Å². The van der Waals surface area contributed by atoms with Crippen molar-refractivity contribution in [1.29, 1.82) is 0 Å². The van der Waals surface area contributed by atoms with E-state index in [0.717, 1.165) is 23.5 Å². The van der Waals surface area contributed by atoms with E-state index in [2.05, 4.69) is 22.5 Å². The molecule has 1 aliphatic carbocycles. The molecule has 0 radical (unpaired) electrons. The maximum atomic E-state index is 5.33. The highest BCUT2D eigenvalue weighted by atomic mass is 32.1. The highest BCUT2D eigenvalue weighted by Gasteiger charge is 2.38. The number of fused-ring (bicyclic) bond motifs is 3. The number of hydrogen-bond acceptors (Lipinski definition) is 2. The van der Waals surface area contributed by atoms with Gasteiger partial charge in [-0.2, -0.15) is 0 Å². The average molecular weight is 267 g/mol. The summed E-state index contributed by atoms with van der Waals surface area (Å²) in [5.74, 6) is 1.92. The minimum atomic E-state index is 0.664. The molecule has 0 amide bonds. The molecule has 4 rings (SSSR count). The van der Waals surface area contributed by atoms with Crippen molar-refractivity contribution in [2.45, 2.75) is 51.1 Å². The Labute approximate surface area is 116 Å². The number of rotatable bonds is 4. The van der Waals surface area contributed by atoms with E-state index < -0.39 is 0 Å². The van der Waals surface area contributed by atoms with E-state index in [1.54, 1.807) is 0 Å². The summed E-state index contributed by atoms with van der Waals surface area (Å²) in [6.45, 7) is 5.99. The minimum absolute atomic E-state index is 0.664. The van der Waals surface area contributed by atoms with Gasteiger partial charge in [0.05, 0.1) is 0 Å². The third-order valence-corrected chi connectivity index (χ3v) is 5.21. The predicted octanol–water partition coefficient (Wildman–Crippen LogP) is 1.73. The van der Waals surface area contributed by atoms with Crippen molar-refractivity contribution in [3.8, 4) is 0 Å². The largest absolute Gasteiger partial charge is 0.361 e. The lowest BCUT2D eigenvalue weighted by Gasteiger charge is -2.50. The zero-order chi connectivity index (χ0) is 12.5. The van der Waals surface area contributed by atoms with Crippen LogP contribution in [-0.4, -0.2) is 41.7 Å². The first-order valence-electron chi connectivity index (χ1n) is 7.54. The van der Waals surface area contributed by atoms with Crippen molar-refractivity contribution in [1.82, 2.24) is 15.5 Å². The fourth-order valence-corrected chi connectivity index (χ4v) is 3.85. The van der Waals surface area contributed by atoms with Gasteiger partial charge in [-0.25, -0.2) is 0 Å². The molecule has 18 heavy (non-hydrogen) atoms. The van der Waals surface area contributed by atoms with E-state index in [-0.39, 0.29) is 0 Å². The van der Waals surface area contributed by atoms with Crippen LogP contribution in [0.5, 0.6) is 0 Å². The third kappa shape index (κ3) is 2.80. The average Bonchev–Trinajstić information content (AvgIpc) is 3.21. The summed E-state index contributed by atoms with van der Waals surface area (Å²) in [6, 6.07) is 1.38. The van der Waals surface area contributed by atoms with Gasteiger partial charge in [-0.3, -0.25) is 4.90 Å². The van der Waals surface area contributed by atoms with Gasteiger partial charge in [0.15, 0.2) is 5.11 Å². The molecular weight excluding hydrogens is 242 g/mol. The molecule has 4 atom stereocenters. The summed E-state index contributed by atoms with van der Waals surface area (Å²) in [5, 5.41) is 7.65. The van der Waals surface area contributed by atoms with E-state index in [4.69, 9.17) is 12.2 Å². The van der Waals surface area contributed by atoms with Crippen LogP contribution in [0.4, 0.5) is 0 Å². The molecular formula is C14H25N3S. The van der Waals surface area contributed by atoms with Crippen LogP contribution < -0.4 is 10.6 Å². The normalized spacial score (nSPS) is 38.5. The van der Waals surface area contributed by atoms with Gasteiger partial charge in [-0.15, -0.1) is 0 Å². The molecule has 3 aliphatic heterocycles. The second-order valence-corrected chi connectivity index (χ2v) is 6.64. The monoisotopic (exact) mass is 267 g/mol. The Morgan fingerprint density at radius 1 is 1.33 bits per heavy atom. The number of nitrogens with one attached hydrogen (secondary N) is 2. The molecule has 4 unspecified atom stereocenters. The lowest BCUT2D eigenvalue weighted by molar-refractivity contribution is 0.00205. The van der Waals surface area contributed by atoms with Gasteiger partial charge < -0.3 is 10.6 Å². The summed E-state index contributed by atoms with van der Waals surface area (Å²) in [6.07, 6.45) is 6.72. The first-order chi connectivity index (χ1) is 8.76. The lowest BCUT2D eigenvalue weighted by Crippen LogP contribution is -2.57. The Morgan fingerprint density at radius 2 is 2.17 bits per heavy atom. The molecule has 0 aromatic rings. The molecule has 4 aliphatic rings. The summed E-state index contributed by atoms with van der Waals surface area (Å²) in [4.78, 5) is 2.68. The van der Waals surface area contributed by atoms with Crippen LogP contribution in [0.1, 0.15) is 39.0 Å². The molecule has 0 aromatic heterocycles. The molecule has 2 N–H and O–H groups in total. The highest BCUT2D eigenvalue weighted by Crippen LogP contribution is 2.37. The van der Waals surface area contributed by atoms with Gasteiger partial charge in [0.2, 0.25) is 0 Å². The van der Waals surface area contributed by atoms with Crippen LogP contribution in [0.25, 0.3) is 0 Å². The topological polar surface area (TPSA) is 27.3 Å². The second kappa shape index (κ2) is 5.33. The fourth-order valence-electron chi connectivity index (χ4n) is 3.60. The van der Waals surface area contributed by atoms with E-state index in [1.165, 1.54) is 45.2 Å². The first-order valence-corrected chi connectivity index (χ1v) is 7.95. The van der Waals surface area contributed by atoms with Crippen molar-refractivity contribution in [3.63, 3.8) is 0 Å². The third-order valence-electron chi connectivity index (χ3n) is 4.95. The Bertz CT molecular complexity index is 316. The smallest absolute Gasteiger partial charge is 0.166 e. The Hall–Kier alpha value is -0.350. The fraction of sp³-hybridized carbons (Fsp3) is 0.929. The van der Waals surface area contributed by atoms with Crippen molar-refractivity contribution in [2.75, 3.05) is 19.6 Å². The maximum Gasteiger partial charge on any atom is 0.166 e. The van der Waals surface area contributed by atoms with E-state index >= 15 is 0 Å². The lowest BCUT2D eigenvalue weighted by atomic mass is 9.74. The van der Waals surface area contributed by atoms with Crippen LogP contribution >= 0.6 is 12.2 Å². The Balaban J connectivity index is 1.44. The minimum Gasteiger partial charge on any atom is -0.361 e. The van der Waals surface area contributed by atoms with Crippen LogP contribution in [-0.2, 0) is 0 Å². The zero-order valence-electron chi connectivity index (χ0n) is 11.3. The molecule has 1 saturated carbocycles. The quantitative estimate of drug-likeness (QED) is 0.759. The van der Waals surface area contributed by atoms with E-state index in [1.807, 2.05) is 0 Å². The molecule has 3 nitrogen and oxygen atoms in total. The Kier molecular flexibility index (Phi) is 3.76. The summed E-state index contributed by atoms with van der Waals surface area (Å²) in [7, 11) is 0. The second-order valence-electron chi connectivity index (χ2n) is 6.23. The van der Waals surface area contributed by atoms with Crippen molar-refractivity contribution >= 4 is 17.3 Å². The molecule has 4 heteroatoms. The van der Waals surface area contributed by atoms with Gasteiger partial charge in [0.1, 0.15) is 0 Å². The highest BCUT2D eigenvalue weighted by molar-refractivity contribution is 7.80. The van der Waals surface area contributed by atoms with Gasteiger partial charge >= 0.3 is 0 Å². The maximum absolute atomic E-state index is 5.33. The van der Waals surface area contributed by atoms with E-state index in [9.17, 15) is 0 Å². The van der Waals surface area contributed by atoms with Crippen molar-refractivity contribution in [3.05, 3.63) is 0 Å². The number of thiocarbonyl (C=S) groups is 1. The predicted molar refractivity (Wildman–Crippen MR) is 78.6 cm³/mol. The number of hydrogen-bond donors (Lipinski definition) is 2. The van der Waals surface area contributed by atoms with Gasteiger partial charge in [-0.1, -0.05) is 13.3 Å². The Morgan fingerprint density at radius 3 is 2.78 bits per heavy atom. The number of nitrogens with zero attached hydrogens (tertiary/aromatic N) is 1. The van der Waals surface area contributed by atoms with Crippen molar-refractivity contribution in [2.24, 2.45) is 11.8 Å². The standard InChI is InChI=1S/C14H25N3S/c1-2-10-9-17-6-5-11(10)7-13(17)8-15-14(18)16-12-3-4-12/h10-13H,2-9H2,1H3,(H2,15,16,18). The van der Waals surface area contributed by atoms with Crippen LogP contribution in [0.2, 0.25) is 0 Å². The molecule has 3 saturated heterocycles. The summed E-state index contributed by atoms with van der Waals surface area (Å²) in [5.41, 5.74) is 0. The summed E-state index contributed by atoms with van der Waals surface area (Å²) < 4.78 is 0. The molecule has 0 aromatic carbocycles. The molecule has 0 spiro atoms. The van der Waals surface area contributed by atoms with Crippen LogP contribution in [0.3, 0.4) is 0 Å². The van der Waals surface area contributed by atoms with E-state index in [0.29, 0.717) is 12.1 Å². The molecule has 2 bridgehead atoms. The SMILES string of the molecule is CCC1CN2CCC1CC2CNC(=S)NC1CC1. The van der Waals surface area contributed by atoms with Crippen LogP contribution in [0.15, 0.2) is 0 Å².